The van der Waals surface area contributed by atoms with Crippen LogP contribution in [0.4, 0.5) is 4.39 Å². The highest BCUT2D eigenvalue weighted by atomic mass is 19.1. The van der Waals surface area contributed by atoms with Gasteiger partial charge in [0, 0.05) is 51.4 Å². The quantitative estimate of drug-likeness (QED) is 0.891. The first-order valence-corrected chi connectivity index (χ1v) is 7.18. The summed E-state index contributed by atoms with van der Waals surface area (Å²) in [6.45, 7) is 9.02. The van der Waals surface area contributed by atoms with Crippen molar-refractivity contribution in [1.82, 2.24) is 15.1 Å². The minimum Gasteiger partial charge on any atom is -0.314 e. The minimum absolute atomic E-state index is 0.154. The molecule has 0 radical (unpaired) electrons. The highest BCUT2D eigenvalue weighted by molar-refractivity contribution is 5.19. The van der Waals surface area contributed by atoms with Gasteiger partial charge in [-0.05, 0) is 24.6 Å². The lowest BCUT2D eigenvalue weighted by molar-refractivity contribution is 0.0552. The van der Waals surface area contributed by atoms with Crippen molar-refractivity contribution < 1.29 is 4.39 Å². The van der Waals surface area contributed by atoms with Crippen molar-refractivity contribution in [1.29, 1.82) is 0 Å². The van der Waals surface area contributed by atoms with E-state index in [9.17, 15) is 4.39 Å². The van der Waals surface area contributed by atoms with Gasteiger partial charge in [0.15, 0.2) is 0 Å². The summed E-state index contributed by atoms with van der Waals surface area (Å²) < 4.78 is 13.0. The summed E-state index contributed by atoms with van der Waals surface area (Å²) in [6.07, 6.45) is 0. The van der Waals surface area contributed by atoms with Gasteiger partial charge in [-0.25, -0.2) is 4.39 Å². The lowest BCUT2D eigenvalue weighted by Gasteiger charge is -2.44. The van der Waals surface area contributed by atoms with Crippen molar-refractivity contribution in [3.63, 3.8) is 0 Å². The lowest BCUT2D eigenvalue weighted by Crippen LogP contribution is -2.61. The molecule has 0 spiro atoms. The zero-order valence-corrected chi connectivity index (χ0v) is 11.5. The van der Waals surface area contributed by atoms with E-state index in [1.165, 1.54) is 5.56 Å². The first-order chi connectivity index (χ1) is 9.24. The summed E-state index contributed by atoms with van der Waals surface area (Å²) in [5, 5.41) is 3.33. The average molecular weight is 263 g/mol. The molecular formula is C15H22FN3. The molecule has 2 saturated heterocycles. The smallest absolute Gasteiger partial charge is 0.123 e. The van der Waals surface area contributed by atoms with E-state index < -0.39 is 0 Å². The molecule has 0 bridgehead atoms. The molecule has 19 heavy (non-hydrogen) atoms. The van der Waals surface area contributed by atoms with Crippen LogP contribution in [0.15, 0.2) is 24.3 Å². The van der Waals surface area contributed by atoms with Crippen LogP contribution in [-0.4, -0.2) is 55.1 Å². The van der Waals surface area contributed by atoms with Gasteiger partial charge in [0.1, 0.15) is 5.82 Å². The Kier molecular flexibility index (Phi) is 3.82. The van der Waals surface area contributed by atoms with E-state index in [2.05, 4.69) is 22.0 Å². The third-order valence-corrected chi connectivity index (χ3v) is 4.53. The van der Waals surface area contributed by atoms with Crippen molar-refractivity contribution >= 4 is 0 Å². The molecule has 0 amide bonds. The highest BCUT2D eigenvalue weighted by Gasteiger charge is 2.29. The van der Waals surface area contributed by atoms with Gasteiger partial charge in [0.2, 0.25) is 0 Å². The van der Waals surface area contributed by atoms with E-state index in [0.717, 1.165) is 45.3 Å². The Hall–Kier alpha value is -0.970. The van der Waals surface area contributed by atoms with Crippen molar-refractivity contribution in [3.8, 4) is 0 Å². The molecule has 104 valence electrons. The summed E-state index contributed by atoms with van der Waals surface area (Å²) in [5.74, 6) is -0.154. The van der Waals surface area contributed by atoms with Crippen molar-refractivity contribution in [3.05, 3.63) is 35.6 Å². The Morgan fingerprint density at radius 2 is 1.74 bits per heavy atom. The van der Waals surface area contributed by atoms with E-state index in [0.29, 0.717) is 6.04 Å². The summed E-state index contributed by atoms with van der Waals surface area (Å²) in [4.78, 5) is 5.08. The maximum absolute atomic E-state index is 13.0. The molecule has 0 aliphatic carbocycles. The van der Waals surface area contributed by atoms with Crippen LogP contribution >= 0.6 is 0 Å². The van der Waals surface area contributed by atoms with Gasteiger partial charge < -0.3 is 5.32 Å². The molecule has 1 aromatic carbocycles. The lowest BCUT2D eigenvalue weighted by atomic mass is 10.0. The summed E-state index contributed by atoms with van der Waals surface area (Å²) in [5.41, 5.74) is 1.21. The van der Waals surface area contributed by atoms with Gasteiger partial charge in [-0.2, -0.15) is 0 Å². The van der Waals surface area contributed by atoms with Crippen LogP contribution < -0.4 is 5.32 Å². The van der Waals surface area contributed by atoms with Crippen molar-refractivity contribution in [2.24, 2.45) is 0 Å². The number of halogens is 1. The Bertz CT molecular complexity index is 408. The zero-order chi connectivity index (χ0) is 13.2. The predicted octanol–water partition coefficient (Wildman–Crippen LogP) is 1.48. The number of hydrogen-bond donors (Lipinski definition) is 1. The first kappa shape index (κ1) is 13.0. The average Bonchev–Trinajstić information content (AvgIpc) is 2.38. The molecule has 3 rings (SSSR count). The Morgan fingerprint density at radius 1 is 1.11 bits per heavy atom. The predicted molar refractivity (Wildman–Crippen MR) is 74.6 cm³/mol. The van der Waals surface area contributed by atoms with E-state index in [4.69, 9.17) is 0 Å². The maximum atomic E-state index is 13.0. The molecule has 1 aromatic rings. The second-order valence-corrected chi connectivity index (χ2v) is 5.61. The Labute approximate surface area is 114 Å². The number of rotatable bonds is 3. The second kappa shape index (κ2) is 5.57. The van der Waals surface area contributed by atoms with Crippen LogP contribution in [0.5, 0.6) is 0 Å². The standard InChI is InChI=1S/C15H22FN3/c1-12(13-2-4-14(16)5-3-13)18-6-8-19(9-7-18)15-10-17-11-15/h2-5,12,15,17H,6-11H2,1H3. The highest BCUT2D eigenvalue weighted by Crippen LogP contribution is 2.22. The second-order valence-electron chi connectivity index (χ2n) is 5.61. The fraction of sp³-hybridized carbons (Fsp3) is 0.600. The number of piperazine rings is 1. The van der Waals surface area contributed by atoms with Gasteiger partial charge >= 0.3 is 0 Å². The monoisotopic (exact) mass is 263 g/mol. The summed E-state index contributed by atoms with van der Waals surface area (Å²) in [7, 11) is 0. The van der Waals surface area contributed by atoms with Crippen LogP contribution in [0.1, 0.15) is 18.5 Å². The van der Waals surface area contributed by atoms with Gasteiger partial charge in [-0.1, -0.05) is 12.1 Å². The normalized spacial score (nSPS) is 24.1. The van der Waals surface area contributed by atoms with Crippen molar-refractivity contribution in [2.75, 3.05) is 39.3 Å². The van der Waals surface area contributed by atoms with E-state index in [1.54, 1.807) is 12.1 Å². The molecular weight excluding hydrogens is 241 g/mol. The molecule has 0 aromatic heterocycles. The third kappa shape index (κ3) is 2.81. The molecule has 2 fully saturated rings. The Balaban J connectivity index is 1.56. The molecule has 3 nitrogen and oxygen atoms in total. The fourth-order valence-corrected chi connectivity index (χ4v) is 2.97. The number of nitrogens with one attached hydrogen (secondary N) is 1. The largest absolute Gasteiger partial charge is 0.314 e. The molecule has 1 atom stereocenters. The van der Waals surface area contributed by atoms with Gasteiger partial charge in [-0.3, -0.25) is 9.80 Å². The summed E-state index contributed by atoms with van der Waals surface area (Å²) in [6, 6.07) is 8.06. The van der Waals surface area contributed by atoms with E-state index in [-0.39, 0.29) is 5.82 Å². The number of hydrogen-bond acceptors (Lipinski definition) is 3. The molecule has 1 N–H and O–H groups in total. The van der Waals surface area contributed by atoms with Crippen LogP contribution in [-0.2, 0) is 0 Å². The molecule has 2 heterocycles. The van der Waals surface area contributed by atoms with Gasteiger partial charge in [0.05, 0.1) is 0 Å². The van der Waals surface area contributed by atoms with Gasteiger partial charge in [-0.15, -0.1) is 0 Å². The third-order valence-electron chi connectivity index (χ3n) is 4.53. The number of nitrogens with zero attached hydrogens (tertiary/aromatic N) is 2. The van der Waals surface area contributed by atoms with Crippen LogP contribution in [0.25, 0.3) is 0 Å². The van der Waals surface area contributed by atoms with Crippen LogP contribution in [0, 0.1) is 5.82 Å². The molecule has 2 aliphatic rings. The topological polar surface area (TPSA) is 18.5 Å². The van der Waals surface area contributed by atoms with Gasteiger partial charge in [0.25, 0.3) is 0 Å². The first-order valence-electron chi connectivity index (χ1n) is 7.18. The van der Waals surface area contributed by atoms with E-state index >= 15 is 0 Å². The summed E-state index contributed by atoms with van der Waals surface area (Å²) >= 11 is 0. The fourth-order valence-electron chi connectivity index (χ4n) is 2.97. The molecule has 1 unspecified atom stereocenters. The zero-order valence-electron chi connectivity index (χ0n) is 11.5. The minimum atomic E-state index is -0.154. The van der Waals surface area contributed by atoms with Crippen LogP contribution in [0.3, 0.4) is 0 Å². The molecule has 4 heteroatoms. The van der Waals surface area contributed by atoms with Crippen molar-refractivity contribution in [2.45, 2.75) is 19.0 Å². The Morgan fingerprint density at radius 3 is 2.26 bits per heavy atom. The molecule has 2 aliphatic heterocycles. The van der Waals surface area contributed by atoms with E-state index in [1.807, 2.05) is 12.1 Å². The maximum Gasteiger partial charge on any atom is 0.123 e. The van der Waals surface area contributed by atoms with Crippen LogP contribution in [0.2, 0.25) is 0 Å². The number of benzene rings is 1. The molecule has 0 saturated carbocycles. The SMILES string of the molecule is CC(c1ccc(F)cc1)N1CCN(C2CNC2)CC1.